The Kier molecular flexibility index (Phi) is 6.31. The highest BCUT2D eigenvalue weighted by molar-refractivity contribution is 8.02. The van der Waals surface area contributed by atoms with Gasteiger partial charge in [0.1, 0.15) is 6.07 Å². The van der Waals surface area contributed by atoms with E-state index in [1.54, 1.807) is 19.2 Å². The molecule has 0 heterocycles. The van der Waals surface area contributed by atoms with Crippen molar-refractivity contribution < 1.29 is 22.7 Å². The Balaban J connectivity index is 3.03. The normalized spacial score (nSPS) is 12.2. The topological polar surface area (TPSA) is 62.1 Å². The number of benzene rings is 1. The van der Waals surface area contributed by atoms with Crippen LogP contribution in [0.5, 0.6) is 0 Å². The van der Waals surface area contributed by atoms with E-state index in [1.807, 2.05) is 0 Å². The van der Waals surface area contributed by atoms with Crippen molar-refractivity contribution in [1.82, 2.24) is 0 Å². The van der Waals surface area contributed by atoms with Crippen LogP contribution in [-0.2, 0) is 15.7 Å². The third kappa shape index (κ3) is 4.70. The van der Waals surface area contributed by atoms with E-state index in [1.165, 1.54) is 12.1 Å². The minimum absolute atomic E-state index is 0.117. The monoisotopic (exact) mass is 330 g/mol. The Bertz CT molecular complexity index is 604. The van der Waals surface area contributed by atoms with E-state index >= 15 is 0 Å². The fourth-order valence-electron chi connectivity index (χ4n) is 1.48. The lowest BCUT2D eigenvalue weighted by molar-refractivity contribution is -0.138. The maximum absolute atomic E-state index is 12.5. The molecule has 0 saturated heterocycles. The summed E-state index contributed by atoms with van der Waals surface area (Å²) >= 11 is 1.08. The lowest BCUT2D eigenvalue weighted by Gasteiger charge is -2.12. The van der Waals surface area contributed by atoms with Gasteiger partial charge in [0, 0.05) is 5.69 Å². The first kappa shape index (κ1) is 17.9. The average Bonchev–Trinajstić information content (AvgIpc) is 2.46. The molecule has 0 spiro atoms. The van der Waals surface area contributed by atoms with Gasteiger partial charge in [-0.1, -0.05) is 0 Å². The molecule has 1 aromatic rings. The average molecular weight is 330 g/mol. The molecule has 0 unspecified atom stereocenters. The second-order valence-electron chi connectivity index (χ2n) is 3.94. The zero-order valence-electron chi connectivity index (χ0n) is 11.8. The molecular formula is C14H13F3N2O2S. The fourth-order valence-corrected chi connectivity index (χ4v) is 2.03. The highest BCUT2D eigenvalue weighted by Crippen LogP contribution is 2.30. The lowest BCUT2D eigenvalue weighted by atomic mass is 10.2. The minimum atomic E-state index is -4.42. The minimum Gasteiger partial charge on any atom is -0.462 e. The summed E-state index contributed by atoms with van der Waals surface area (Å²) in [6.45, 7) is 1.72. The molecule has 0 atom stereocenters. The van der Waals surface area contributed by atoms with Crippen LogP contribution in [0.15, 0.2) is 34.9 Å². The summed E-state index contributed by atoms with van der Waals surface area (Å²) in [4.78, 5) is 11.6. The van der Waals surface area contributed by atoms with Gasteiger partial charge in [-0.2, -0.15) is 18.4 Å². The number of hydrogen-bond acceptors (Lipinski definition) is 5. The number of thioether (sulfide) groups is 1. The number of alkyl halides is 3. The van der Waals surface area contributed by atoms with Crippen molar-refractivity contribution in [3.05, 3.63) is 40.4 Å². The first-order chi connectivity index (χ1) is 10.3. The third-order valence-corrected chi connectivity index (χ3v) is 3.21. The van der Waals surface area contributed by atoms with Gasteiger partial charge in [-0.15, -0.1) is 11.8 Å². The highest BCUT2D eigenvalue weighted by Gasteiger charge is 2.30. The van der Waals surface area contributed by atoms with Crippen LogP contribution in [0.3, 0.4) is 0 Å². The van der Waals surface area contributed by atoms with Crippen LogP contribution in [0, 0.1) is 11.3 Å². The van der Waals surface area contributed by atoms with Crippen LogP contribution in [-0.4, -0.2) is 18.8 Å². The van der Waals surface area contributed by atoms with Gasteiger partial charge in [0.05, 0.1) is 17.2 Å². The molecular weight excluding hydrogens is 317 g/mol. The molecule has 0 radical (unpaired) electrons. The summed E-state index contributed by atoms with van der Waals surface area (Å²) in [7, 11) is 0. The number of nitrogens with one attached hydrogen (secondary N) is 1. The maximum atomic E-state index is 12.5. The number of nitrogens with zero attached hydrogens (tertiary/aromatic N) is 1. The van der Waals surface area contributed by atoms with Gasteiger partial charge < -0.3 is 10.1 Å². The van der Waals surface area contributed by atoms with E-state index < -0.39 is 17.7 Å². The number of carbonyl (C=O) groups excluding carboxylic acids is 1. The summed E-state index contributed by atoms with van der Waals surface area (Å²) < 4.78 is 42.2. The molecule has 0 aliphatic heterocycles. The van der Waals surface area contributed by atoms with Crippen LogP contribution in [0.25, 0.3) is 0 Å². The second-order valence-corrected chi connectivity index (χ2v) is 4.76. The number of esters is 1. The van der Waals surface area contributed by atoms with Crippen LogP contribution in [0.4, 0.5) is 18.9 Å². The molecule has 0 fully saturated rings. The third-order valence-electron chi connectivity index (χ3n) is 2.49. The fraction of sp³-hybridized carbons (Fsp3) is 0.286. The Labute approximate surface area is 129 Å². The van der Waals surface area contributed by atoms with E-state index in [9.17, 15) is 18.0 Å². The van der Waals surface area contributed by atoms with Crippen LogP contribution in [0.2, 0.25) is 0 Å². The molecule has 1 rings (SSSR count). The summed E-state index contributed by atoms with van der Waals surface area (Å²) in [6, 6.07) is 6.00. The van der Waals surface area contributed by atoms with E-state index in [-0.39, 0.29) is 17.2 Å². The Morgan fingerprint density at radius 3 is 2.36 bits per heavy atom. The van der Waals surface area contributed by atoms with Crippen LogP contribution < -0.4 is 5.32 Å². The van der Waals surface area contributed by atoms with E-state index in [0.717, 1.165) is 23.9 Å². The summed E-state index contributed by atoms with van der Waals surface area (Å²) in [6.07, 6.45) is -2.79. The van der Waals surface area contributed by atoms with E-state index in [2.05, 4.69) is 5.32 Å². The largest absolute Gasteiger partial charge is 0.462 e. The quantitative estimate of drug-likeness (QED) is 0.506. The molecule has 0 aliphatic rings. The standard InChI is InChI=1S/C14H13F3N2O2S/c1-3-21-13(20)11(8-18)12(22-2)19-10-6-4-9(5-7-10)14(15,16)17/h4-7,19H,3H2,1-2H3/b12-11-. The van der Waals surface area contributed by atoms with Gasteiger partial charge in [-0.25, -0.2) is 4.79 Å². The van der Waals surface area contributed by atoms with Crippen molar-refractivity contribution in [2.45, 2.75) is 13.1 Å². The number of carbonyl (C=O) groups is 1. The van der Waals surface area contributed by atoms with E-state index in [0.29, 0.717) is 5.69 Å². The van der Waals surface area contributed by atoms with E-state index in [4.69, 9.17) is 10.00 Å². The zero-order valence-corrected chi connectivity index (χ0v) is 12.6. The smallest absolute Gasteiger partial charge is 0.416 e. The van der Waals surface area contributed by atoms with Gasteiger partial charge in [0.2, 0.25) is 0 Å². The molecule has 0 saturated carbocycles. The second kappa shape index (κ2) is 7.75. The van der Waals surface area contributed by atoms with Gasteiger partial charge >= 0.3 is 12.1 Å². The number of nitriles is 1. The van der Waals surface area contributed by atoms with Crippen molar-refractivity contribution >= 4 is 23.4 Å². The number of hydrogen-bond donors (Lipinski definition) is 1. The van der Waals surface area contributed by atoms with Crippen molar-refractivity contribution in [3.8, 4) is 6.07 Å². The predicted molar refractivity (Wildman–Crippen MR) is 77.9 cm³/mol. The van der Waals surface area contributed by atoms with Crippen molar-refractivity contribution in [2.75, 3.05) is 18.2 Å². The maximum Gasteiger partial charge on any atom is 0.416 e. The SMILES string of the molecule is CCOC(=O)/C(C#N)=C(/Nc1ccc(C(F)(F)F)cc1)SC. The van der Waals surface area contributed by atoms with Gasteiger partial charge in [-0.05, 0) is 37.4 Å². The molecule has 22 heavy (non-hydrogen) atoms. The van der Waals surface area contributed by atoms with Gasteiger partial charge in [0.25, 0.3) is 0 Å². The zero-order chi connectivity index (χ0) is 16.8. The number of rotatable bonds is 5. The summed E-state index contributed by atoms with van der Waals surface area (Å²) in [5.74, 6) is -0.784. The molecule has 0 aliphatic carbocycles. The highest BCUT2D eigenvalue weighted by atomic mass is 32.2. The van der Waals surface area contributed by atoms with Gasteiger partial charge in [0.15, 0.2) is 5.57 Å². The Hall–Kier alpha value is -2.14. The van der Waals surface area contributed by atoms with Crippen molar-refractivity contribution in [2.24, 2.45) is 0 Å². The Morgan fingerprint density at radius 2 is 1.95 bits per heavy atom. The summed E-state index contributed by atoms with van der Waals surface area (Å²) in [5.41, 5.74) is -0.678. The number of ether oxygens (including phenoxy) is 1. The first-order valence-electron chi connectivity index (χ1n) is 6.13. The number of anilines is 1. The molecule has 0 amide bonds. The Morgan fingerprint density at radius 1 is 1.36 bits per heavy atom. The van der Waals surface area contributed by atoms with Crippen LogP contribution in [0.1, 0.15) is 12.5 Å². The van der Waals surface area contributed by atoms with Crippen molar-refractivity contribution in [1.29, 1.82) is 5.26 Å². The molecule has 0 bridgehead atoms. The first-order valence-corrected chi connectivity index (χ1v) is 7.35. The van der Waals surface area contributed by atoms with Crippen LogP contribution >= 0.6 is 11.8 Å². The molecule has 0 aromatic heterocycles. The predicted octanol–water partition coefficient (Wildman–Crippen LogP) is 3.78. The molecule has 4 nitrogen and oxygen atoms in total. The van der Waals surface area contributed by atoms with Gasteiger partial charge in [-0.3, -0.25) is 0 Å². The molecule has 1 aromatic carbocycles. The summed E-state index contributed by atoms with van der Waals surface area (Å²) in [5, 5.41) is 12.0. The molecule has 8 heteroatoms. The molecule has 1 N–H and O–H groups in total. The number of halogens is 3. The lowest BCUT2D eigenvalue weighted by Crippen LogP contribution is -2.11. The van der Waals surface area contributed by atoms with Crippen molar-refractivity contribution in [3.63, 3.8) is 0 Å². The molecule has 118 valence electrons.